The van der Waals surface area contributed by atoms with E-state index in [1.807, 2.05) is 0 Å². The lowest BCUT2D eigenvalue weighted by Gasteiger charge is -2.18. The fourth-order valence-corrected chi connectivity index (χ4v) is 1.54. The Labute approximate surface area is 99.3 Å². The average Bonchev–Trinajstić information content (AvgIpc) is 2.37. The molecule has 0 fully saturated rings. The number of methoxy groups -OCH3 is 1. The minimum atomic E-state index is -1.13. The molecule has 2 atom stereocenters. The smallest absolute Gasteiger partial charge is 0.153 e. The number of aliphatic hydroxyl groups excluding tert-OH is 3. The van der Waals surface area contributed by atoms with Crippen molar-refractivity contribution in [2.75, 3.05) is 13.7 Å². The van der Waals surface area contributed by atoms with Crippen molar-refractivity contribution in [2.24, 2.45) is 0 Å². The van der Waals surface area contributed by atoms with Gasteiger partial charge in [0.25, 0.3) is 0 Å². The number of ether oxygens (including phenoxy) is 1. The van der Waals surface area contributed by atoms with Gasteiger partial charge in [0.1, 0.15) is 11.9 Å². The number of benzene rings is 1. The standard InChI is InChI=1S/C12H16O5/c1-17-11-3-2-8(6-9(11)7-14)12(16)10(15)4-5-13/h2-3,6-7,10,12-13,15-16H,4-5H2,1H3. The van der Waals surface area contributed by atoms with Crippen LogP contribution in [0, 0.1) is 0 Å². The van der Waals surface area contributed by atoms with Crippen LogP contribution in [-0.4, -0.2) is 41.4 Å². The van der Waals surface area contributed by atoms with Crippen molar-refractivity contribution < 1.29 is 24.9 Å². The monoisotopic (exact) mass is 240 g/mol. The Kier molecular flexibility index (Phi) is 5.09. The molecule has 94 valence electrons. The van der Waals surface area contributed by atoms with Crippen molar-refractivity contribution in [3.8, 4) is 5.75 Å². The summed E-state index contributed by atoms with van der Waals surface area (Å²) in [4.78, 5) is 10.8. The van der Waals surface area contributed by atoms with E-state index in [4.69, 9.17) is 9.84 Å². The molecule has 5 heteroatoms. The van der Waals surface area contributed by atoms with Crippen molar-refractivity contribution in [3.63, 3.8) is 0 Å². The van der Waals surface area contributed by atoms with Gasteiger partial charge in [0.15, 0.2) is 6.29 Å². The van der Waals surface area contributed by atoms with Crippen molar-refractivity contribution in [1.29, 1.82) is 0 Å². The molecular formula is C12H16O5. The van der Waals surface area contributed by atoms with Crippen molar-refractivity contribution in [1.82, 2.24) is 0 Å². The predicted molar refractivity (Wildman–Crippen MR) is 61.1 cm³/mol. The quantitative estimate of drug-likeness (QED) is 0.622. The zero-order valence-corrected chi connectivity index (χ0v) is 9.54. The van der Waals surface area contributed by atoms with E-state index in [2.05, 4.69) is 0 Å². The first kappa shape index (κ1) is 13.6. The normalized spacial score (nSPS) is 14.1. The highest BCUT2D eigenvalue weighted by molar-refractivity contribution is 5.79. The Hall–Kier alpha value is -1.43. The molecule has 0 aliphatic carbocycles. The Balaban J connectivity index is 2.95. The summed E-state index contributed by atoms with van der Waals surface area (Å²) in [5, 5.41) is 28.0. The van der Waals surface area contributed by atoms with Crippen LogP contribution in [0.3, 0.4) is 0 Å². The van der Waals surface area contributed by atoms with E-state index >= 15 is 0 Å². The number of hydrogen-bond acceptors (Lipinski definition) is 5. The number of hydrogen-bond donors (Lipinski definition) is 3. The summed E-state index contributed by atoms with van der Waals surface area (Å²) in [6.07, 6.45) is -1.50. The molecule has 1 rings (SSSR count). The maximum absolute atomic E-state index is 10.8. The Bertz CT molecular complexity index is 377. The van der Waals surface area contributed by atoms with Gasteiger partial charge in [0.2, 0.25) is 0 Å². The van der Waals surface area contributed by atoms with Crippen molar-refractivity contribution in [2.45, 2.75) is 18.6 Å². The molecule has 2 unspecified atom stereocenters. The number of rotatable bonds is 6. The second kappa shape index (κ2) is 6.34. The first-order valence-electron chi connectivity index (χ1n) is 5.24. The maximum Gasteiger partial charge on any atom is 0.153 e. The fourth-order valence-electron chi connectivity index (χ4n) is 1.54. The second-order valence-corrected chi connectivity index (χ2v) is 3.64. The van der Waals surface area contributed by atoms with Gasteiger partial charge in [0.05, 0.1) is 18.8 Å². The average molecular weight is 240 g/mol. The summed E-state index contributed by atoms with van der Waals surface area (Å²) >= 11 is 0. The Morgan fingerprint density at radius 1 is 1.41 bits per heavy atom. The molecule has 17 heavy (non-hydrogen) atoms. The molecule has 0 amide bonds. The van der Waals surface area contributed by atoms with Crippen LogP contribution in [0.1, 0.15) is 28.4 Å². The highest BCUT2D eigenvalue weighted by Gasteiger charge is 2.18. The van der Waals surface area contributed by atoms with Crippen molar-refractivity contribution >= 4 is 6.29 Å². The van der Waals surface area contributed by atoms with Crippen LogP contribution in [0.25, 0.3) is 0 Å². The highest BCUT2D eigenvalue weighted by atomic mass is 16.5. The van der Waals surface area contributed by atoms with Crippen LogP contribution < -0.4 is 4.74 Å². The van der Waals surface area contributed by atoms with Crippen LogP contribution in [0.4, 0.5) is 0 Å². The lowest BCUT2D eigenvalue weighted by Crippen LogP contribution is -2.19. The summed E-state index contributed by atoms with van der Waals surface area (Å²) in [5.74, 6) is 0.410. The minimum absolute atomic E-state index is 0.0730. The molecule has 0 aliphatic heterocycles. The van der Waals surface area contributed by atoms with E-state index in [0.29, 0.717) is 23.2 Å². The highest BCUT2D eigenvalue weighted by Crippen LogP contribution is 2.24. The number of carbonyl (C=O) groups excluding carboxylic acids is 1. The molecule has 0 saturated carbocycles. The van der Waals surface area contributed by atoms with E-state index in [1.165, 1.54) is 13.2 Å². The van der Waals surface area contributed by atoms with Gasteiger partial charge in [-0.05, 0) is 24.1 Å². The summed E-state index contributed by atoms with van der Waals surface area (Å²) in [6.45, 7) is -0.213. The minimum Gasteiger partial charge on any atom is -0.496 e. The molecule has 0 spiro atoms. The third-order valence-corrected chi connectivity index (χ3v) is 2.51. The summed E-state index contributed by atoms with van der Waals surface area (Å²) in [5.41, 5.74) is 0.717. The molecule has 3 N–H and O–H groups in total. The van der Waals surface area contributed by atoms with E-state index < -0.39 is 12.2 Å². The van der Waals surface area contributed by atoms with E-state index in [1.54, 1.807) is 12.1 Å². The first-order chi connectivity index (χ1) is 8.13. The Morgan fingerprint density at radius 2 is 2.12 bits per heavy atom. The van der Waals surface area contributed by atoms with Gasteiger partial charge >= 0.3 is 0 Å². The van der Waals surface area contributed by atoms with E-state index in [0.717, 1.165) is 0 Å². The number of aldehydes is 1. The molecule has 1 aromatic carbocycles. The largest absolute Gasteiger partial charge is 0.496 e. The number of carbonyl (C=O) groups is 1. The van der Waals surface area contributed by atoms with Gasteiger partial charge in [0, 0.05) is 6.61 Å². The van der Waals surface area contributed by atoms with Crippen LogP contribution in [0.2, 0.25) is 0 Å². The molecule has 0 aliphatic rings. The van der Waals surface area contributed by atoms with E-state index in [-0.39, 0.29) is 13.0 Å². The second-order valence-electron chi connectivity index (χ2n) is 3.64. The third-order valence-electron chi connectivity index (χ3n) is 2.51. The fraction of sp³-hybridized carbons (Fsp3) is 0.417. The summed E-state index contributed by atoms with van der Waals surface area (Å²) in [7, 11) is 1.44. The zero-order valence-electron chi connectivity index (χ0n) is 9.54. The van der Waals surface area contributed by atoms with Gasteiger partial charge < -0.3 is 20.1 Å². The third kappa shape index (κ3) is 3.26. The van der Waals surface area contributed by atoms with E-state index in [9.17, 15) is 15.0 Å². The topological polar surface area (TPSA) is 87.0 Å². The van der Waals surface area contributed by atoms with Gasteiger partial charge in [-0.1, -0.05) is 6.07 Å². The molecule has 0 radical (unpaired) electrons. The van der Waals surface area contributed by atoms with Crippen LogP contribution in [0.15, 0.2) is 18.2 Å². The Morgan fingerprint density at radius 3 is 2.65 bits per heavy atom. The predicted octanol–water partition coefficient (Wildman–Crippen LogP) is 0.284. The number of aliphatic hydroxyl groups is 3. The molecule has 0 heterocycles. The van der Waals surface area contributed by atoms with Crippen LogP contribution >= 0.6 is 0 Å². The molecule has 0 saturated heterocycles. The maximum atomic E-state index is 10.8. The molecule has 5 nitrogen and oxygen atoms in total. The van der Waals surface area contributed by atoms with Crippen LogP contribution in [-0.2, 0) is 0 Å². The van der Waals surface area contributed by atoms with Crippen molar-refractivity contribution in [3.05, 3.63) is 29.3 Å². The summed E-state index contributed by atoms with van der Waals surface area (Å²) < 4.78 is 4.96. The SMILES string of the molecule is COc1ccc(C(O)C(O)CCO)cc1C=O. The molecular weight excluding hydrogens is 224 g/mol. The van der Waals surface area contributed by atoms with Gasteiger partial charge in [-0.3, -0.25) is 4.79 Å². The van der Waals surface area contributed by atoms with Gasteiger partial charge in [-0.2, -0.15) is 0 Å². The lowest BCUT2D eigenvalue weighted by molar-refractivity contribution is 0.00417. The molecule has 1 aromatic rings. The first-order valence-corrected chi connectivity index (χ1v) is 5.24. The molecule has 0 bridgehead atoms. The van der Waals surface area contributed by atoms with Crippen LogP contribution in [0.5, 0.6) is 5.75 Å². The van der Waals surface area contributed by atoms with Gasteiger partial charge in [-0.15, -0.1) is 0 Å². The van der Waals surface area contributed by atoms with Gasteiger partial charge in [-0.25, -0.2) is 0 Å². The molecule has 0 aromatic heterocycles. The zero-order chi connectivity index (χ0) is 12.8. The lowest BCUT2D eigenvalue weighted by atomic mass is 10.00. The summed E-state index contributed by atoms with van der Waals surface area (Å²) in [6, 6.07) is 4.57.